The number of thioether (sulfide) groups is 2. The Balaban J connectivity index is 1.92. The van der Waals surface area contributed by atoms with E-state index in [-0.39, 0.29) is 5.91 Å². The van der Waals surface area contributed by atoms with Gasteiger partial charge in [-0.2, -0.15) is 23.5 Å². The molecule has 1 N–H and O–H groups in total. The van der Waals surface area contributed by atoms with Crippen molar-refractivity contribution >= 4 is 53.7 Å². The summed E-state index contributed by atoms with van der Waals surface area (Å²) >= 11 is 14.1. The first-order chi connectivity index (χ1) is 8.66. The fourth-order valence-corrected chi connectivity index (χ4v) is 4.66. The zero-order valence-electron chi connectivity index (χ0n) is 9.69. The second kappa shape index (κ2) is 6.98. The lowest BCUT2D eigenvalue weighted by molar-refractivity contribution is 0.0954. The Morgan fingerprint density at radius 1 is 1.50 bits per heavy atom. The average molecular weight is 320 g/mol. The summed E-state index contributed by atoms with van der Waals surface area (Å²) < 4.78 is 0. The van der Waals surface area contributed by atoms with Crippen molar-refractivity contribution in [3.05, 3.63) is 28.8 Å². The molecule has 0 aliphatic carbocycles. The SMILES string of the molecule is O=C(NCC1CSCCS1)c1cc(S)ccc1Cl. The van der Waals surface area contributed by atoms with E-state index in [0.29, 0.717) is 22.4 Å². The van der Waals surface area contributed by atoms with E-state index >= 15 is 0 Å². The van der Waals surface area contributed by atoms with Crippen LogP contribution in [0, 0.1) is 0 Å². The summed E-state index contributed by atoms with van der Waals surface area (Å²) in [4.78, 5) is 12.8. The maximum absolute atomic E-state index is 12.0. The van der Waals surface area contributed by atoms with Gasteiger partial charge in [0.1, 0.15) is 0 Å². The standard InChI is InChI=1S/C12H14ClNOS3/c13-11-2-1-8(16)5-10(11)12(15)14-6-9-7-17-3-4-18-9/h1-2,5,9,16H,3-4,6-7H2,(H,14,15). The lowest BCUT2D eigenvalue weighted by atomic mass is 10.2. The molecule has 2 rings (SSSR count). The topological polar surface area (TPSA) is 29.1 Å². The summed E-state index contributed by atoms with van der Waals surface area (Å²) in [5, 5.41) is 3.92. The molecule has 1 heterocycles. The number of carbonyl (C=O) groups is 1. The van der Waals surface area contributed by atoms with Crippen molar-refractivity contribution in [2.24, 2.45) is 0 Å². The lowest BCUT2D eigenvalue weighted by Gasteiger charge is -2.21. The Morgan fingerprint density at radius 3 is 3.06 bits per heavy atom. The predicted octanol–water partition coefficient (Wildman–Crippen LogP) is 3.21. The number of hydrogen-bond donors (Lipinski definition) is 2. The molecule has 0 saturated carbocycles. The Morgan fingerprint density at radius 2 is 2.33 bits per heavy atom. The van der Waals surface area contributed by atoms with Crippen LogP contribution < -0.4 is 5.32 Å². The van der Waals surface area contributed by atoms with Crippen molar-refractivity contribution in [2.75, 3.05) is 23.8 Å². The largest absolute Gasteiger partial charge is 0.351 e. The van der Waals surface area contributed by atoms with E-state index in [1.807, 2.05) is 23.5 Å². The van der Waals surface area contributed by atoms with Gasteiger partial charge in [-0.05, 0) is 18.2 Å². The molecule has 1 saturated heterocycles. The minimum absolute atomic E-state index is 0.118. The van der Waals surface area contributed by atoms with E-state index in [0.717, 1.165) is 16.4 Å². The molecular weight excluding hydrogens is 306 g/mol. The minimum atomic E-state index is -0.118. The molecule has 0 bridgehead atoms. The van der Waals surface area contributed by atoms with Crippen molar-refractivity contribution < 1.29 is 4.79 Å². The van der Waals surface area contributed by atoms with E-state index in [2.05, 4.69) is 17.9 Å². The highest BCUT2D eigenvalue weighted by Crippen LogP contribution is 2.24. The van der Waals surface area contributed by atoms with Crippen molar-refractivity contribution in [2.45, 2.75) is 10.1 Å². The molecule has 0 spiro atoms. The Labute approximate surface area is 126 Å². The zero-order valence-corrected chi connectivity index (χ0v) is 13.0. The van der Waals surface area contributed by atoms with Crippen LogP contribution in [0.5, 0.6) is 0 Å². The fourth-order valence-electron chi connectivity index (χ4n) is 1.64. The number of halogens is 1. The van der Waals surface area contributed by atoms with Crippen molar-refractivity contribution in [1.29, 1.82) is 0 Å². The van der Waals surface area contributed by atoms with Gasteiger partial charge in [0.25, 0.3) is 5.91 Å². The molecule has 2 nitrogen and oxygen atoms in total. The second-order valence-corrected chi connectivity index (χ2v) is 7.42. The van der Waals surface area contributed by atoms with Crippen molar-refractivity contribution in [3.63, 3.8) is 0 Å². The van der Waals surface area contributed by atoms with Crippen molar-refractivity contribution in [3.8, 4) is 0 Å². The third-order valence-electron chi connectivity index (χ3n) is 2.57. The molecule has 1 unspecified atom stereocenters. The van der Waals surface area contributed by atoms with E-state index in [4.69, 9.17) is 11.6 Å². The quantitative estimate of drug-likeness (QED) is 0.838. The number of hydrogen-bond acceptors (Lipinski definition) is 4. The molecular formula is C12H14ClNOS3. The third kappa shape index (κ3) is 4.02. The van der Waals surface area contributed by atoms with Crippen LogP contribution in [0.4, 0.5) is 0 Å². The minimum Gasteiger partial charge on any atom is -0.351 e. The van der Waals surface area contributed by atoms with E-state index < -0.39 is 0 Å². The number of amides is 1. The molecule has 1 atom stereocenters. The maximum atomic E-state index is 12.0. The highest BCUT2D eigenvalue weighted by Gasteiger charge is 2.16. The first kappa shape index (κ1) is 14.4. The van der Waals surface area contributed by atoms with E-state index in [1.54, 1.807) is 18.2 Å². The molecule has 1 amide bonds. The summed E-state index contributed by atoms with van der Waals surface area (Å²) in [7, 11) is 0. The molecule has 1 aromatic rings. The van der Waals surface area contributed by atoms with Gasteiger partial charge in [0.15, 0.2) is 0 Å². The molecule has 1 fully saturated rings. The molecule has 6 heteroatoms. The van der Waals surface area contributed by atoms with Gasteiger partial charge in [0, 0.05) is 33.9 Å². The highest BCUT2D eigenvalue weighted by molar-refractivity contribution is 8.06. The summed E-state index contributed by atoms with van der Waals surface area (Å²) in [5.41, 5.74) is 0.498. The number of nitrogens with one attached hydrogen (secondary N) is 1. The van der Waals surface area contributed by atoms with Crippen LogP contribution >= 0.6 is 47.8 Å². The van der Waals surface area contributed by atoms with Gasteiger partial charge in [-0.15, -0.1) is 12.6 Å². The third-order valence-corrected chi connectivity index (χ3v) is 6.02. The number of thiol groups is 1. The highest BCUT2D eigenvalue weighted by atomic mass is 35.5. The summed E-state index contributed by atoms with van der Waals surface area (Å²) in [6, 6.07) is 5.17. The first-order valence-electron chi connectivity index (χ1n) is 5.63. The fraction of sp³-hybridized carbons (Fsp3) is 0.417. The smallest absolute Gasteiger partial charge is 0.252 e. The summed E-state index contributed by atoms with van der Waals surface area (Å²) in [5.74, 6) is 3.36. The van der Waals surface area contributed by atoms with Gasteiger partial charge in [-0.1, -0.05) is 11.6 Å². The molecule has 1 aromatic carbocycles. The van der Waals surface area contributed by atoms with Gasteiger partial charge >= 0.3 is 0 Å². The molecule has 98 valence electrons. The van der Waals surface area contributed by atoms with Gasteiger partial charge < -0.3 is 5.32 Å². The van der Waals surface area contributed by atoms with Crippen LogP contribution in [0.1, 0.15) is 10.4 Å². The molecule has 0 radical (unpaired) electrons. The Bertz CT molecular complexity index is 435. The van der Waals surface area contributed by atoms with Crippen molar-refractivity contribution in [1.82, 2.24) is 5.32 Å². The van der Waals surface area contributed by atoms with Crippen LogP contribution in [0.2, 0.25) is 5.02 Å². The van der Waals surface area contributed by atoms with Crippen LogP contribution in [-0.4, -0.2) is 35.0 Å². The van der Waals surface area contributed by atoms with E-state index in [9.17, 15) is 4.79 Å². The maximum Gasteiger partial charge on any atom is 0.252 e. The lowest BCUT2D eigenvalue weighted by Crippen LogP contribution is -2.33. The Kier molecular flexibility index (Phi) is 5.60. The molecule has 1 aliphatic heterocycles. The molecule has 0 aromatic heterocycles. The van der Waals surface area contributed by atoms with Crippen LogP contribution in [0.3, 0.4) is 0 Å². The van der Waals surface area contributed by atoms with Crippen LogP contribution in [-0.2, 0) is 0 Å². The molecule has 1 aliphatic rings. The number of benzene rings is 1. The van der Waals surface area contributed by atoms with Gasteiger partial charge in [-0.25, -0.2) is 0 Å². The average Bonchev–Trinajstić information content (AvgIpc) is 2.40. The monoisotopic (exact) mass is 319 g/mol. The molecule has 18 heavy (non-hydrogen) atoms. The van der Waals surface area contributed by atoms with E-state index in [1.165, 1.54) is 5.75 Å². The second-order valence-electron chi connectivity index (χ2n) is 3.94. The zero-order chi connectivity index (χ0) is 13.0. The summed E-state index contributed by atoms with van der Waals surface area (Å²) in [6.07, 6.45) is 0. The van der Waals surface area contributed by atoms with Gasteiger partial charge in [-0.3, -0.25) is 4.79 Å². The predicted molar refractivity (Wildman–Crippen MR) is 84.6 cm³/mol. The first-order valence-corrected chi connectivity index (χ1v) is 8.66. The van der Waals surface area contributed by atoms with Crippen LogP contribution in [0.15, 0.2) is 23.1 Å². The normalized spacial score (nSPS) is 19.6. The van der Waals surface area contributed by atoms with Gasteiger partial charge in [0.05, 0.1) is 10.6 Å². The number of rotatable bonds is 3. The van der Waals surface area contributed by atoms with Gasteiger partial charge in [0.2, 0.25) is 0 Å². The number of carbonyl (C=O) groups excluding carboxylic acids is 1. The summed E-state index contributed by atoms with van der Waals surface area (Å²) in [6.45, 7) is 0.698. The Hall–Kier alpha value is 0.0300. The van der Waals surface area contributed by atoms with Crippen LogP contribution in [0.25, 0.3) is 0 Å².